The molecule has 7 heteroatoms. The van der Waals surface area contributed by atoms with Gasteiger partial charge in [-0.2, -0.15) is 5.10 Å². The van der Waals surface area contributed by atoms with Gasteiger partial charge in [0, 0.05) is 22.2 Å². The standard InChI is InChI=1S/C28H22N4O3/c1-18(21-12-5-13-22(16-21)29-27(34)20-8-3-2-4-9-20)30-31-25(33)17-32-24-15-7-11-19-10-6-14-23(26(19)24)28(32)35/h2-16H,17H2,1H3,(H,29,34)(H,31,33)/b30-18-. The molecule has 35 heavy (non-hydrogen) atoms. The van der Waals surface area contributed by atoms with Crippen LogP contribution < -0.4 is 15.6 Å². The number of carbonyl (C=O) groups is 3. The molecule has 0 bridgehead atoms. The molecular formula is C28H22N4O3. The van der Waals surface area contributed by atoms with Gasteiger partial charge in [-0.25, -0.2) is 5.43 Å². The highest BCUT2D eigenvalue weighted by molar-refractivity contribution is 6.26. The van der Waals surface area contributed by atoms with Crippen molar-refractivity contribution in [2.24, 2.45) is 5.10 Å². The Morgan fingerprint density at radius 3 is 2.37 bits per heavy atom. The fraction of sp³-hybridized carbons (Fsp3) is 0.0714. The first-order valence-corrected chi connectivity index (χ1v) is 11.1. The van der Waals surface area contributed by atoms with Crippen LogP contribution in [-0.2, 0) is 4.79 Å². The Labute approximate surface area is 202 Å². The summed E-state index contributed by atoms with van der Waals surface area (Å²) in [6.45, 7) is 1.62. The van der Waals surface area contributed by atoms with Crippen molar-refractivity contribution in [3.8, 4) is 0 Å². The summed E-state index contributed by atoms with van der Waals surface area (Å²) in [7, 11) is 0. The lowest BCUT2D eigenvalue weighted by molar-refractivity contribution is -0.119. The number of nitrogens with zero attached hydrogens (tertiary/aromatic N) is 2. The molecular weight excluding hydrogens is 440 g/mol. The van der Waals surface area contributed by atoms with Gasteiger partial charge in [0.05, 0.1) is 11.4 Å². The molecule has 0 saturated carbocycles. The smallest absolute Gasteiger partial charge is 0.260 e. The van der Waals surface area contributed by atoms with E-state index in [1.54, 1.807) is 55.5 Å². The van der Waals surface area contributed by atoms with E-state index in [9.17, 15) is 14.4 Å². The largest absolute Gasteiger partial charge is 0.322 e. The van der Waals surface area contributed by atoms with E-state index >= 15 is 0 Å². The van der Waals surface area contributed by atoms with Crippen LogP contribution in [0.3, 0.4) is 0 Å². The Balaban J connectivity index is 1.26. The first-order valence-electron chi connectivity index (χ1n) is 11.1. The lowest BCUT2D eigenvalue weighted by Crippen LogP contribution is -2.37. The molecule has 5 rings (SSSR count). The van der Waals surface area contributed by atoms with E-state index in [0.29, 0.717) is 22.5 Å². The summed E-state index contributed by atoms with van der Waals surface area (Å²) in [5, 5.41) is 8.89. The Hall–Kier alpha value is -4.78. The predicted molar refractivity (Wildman–Crippen MR) is 137 cm³/mol. The number of carbonyl (C=O) groups excluding carboxylic acids is 3. The van der Waals surface area contributed by atoms with Gasteiger partial charge in [0.25, 0.3) is 17.7 Å². The van der Waals surface area contributed by atoms with Crippen LogP contribution >= 0.6 is 0 Å². The number of benzene rings is 4. The van der Waals surface area contributed by atoms with Gasteiger partial charge in [0.2, 0.25) is 0 Å². The molecule has 0 aromatic heterocycles. The van der Waals surface area contributed by atoms with Crippen molar-refractivity contribution in [3.63, 3.8) is 0 Å². The maximum absolute atomic E-state index is 12.9. The van der Waals surface area contributed by atoms with E-state index in [1.807, 2.05) is 42.5 Å². The van der Waals surface area contributed by atoms with Crippen LogP contribution in [0, 0.1) is 0 Å². The first kappa shape index (κ1) is 22.0. The van der Waals surface area contributed by atoms with Gasteiger partial charge >= 0.3 is 0 Å². The fourth-order valence-corrected chi connectivity index (χ4v) is 4.14. The van der Waals surface area contributed by atoms with Gasteiger partial charge in [-0.1, -0.05) is 54.6 Å². The summed E-state index contributed by atoms with van der Waals surface area (Å²) in [6.07, 6.45) is 0. The van der Waals surface area contributed by atoms with Gasteiger partial charge < -0.3 is 5.32 Å². The van der Waals surface area contributed by atoms with Crippen LogP contribution in [0.2, 0.25) is 0 Å². The molecule has 7 nitrogen and oxygen atoms in total. The number of rotatable bonds is 6. The normalized spacial score (nSPS) is 12.7. The molecule has 1 aliphatic heterocycles. The lowest BCUT2D eigenvalue weighted by atomic mass is 10.1. The first-order chi connectivity index (χ1) is 17.0. The lowest BCUT2D eigenvalue weighted by Gasteiger charge is -2.16. The summed E-state index contributed by atoms with van der Waals surface area (Å²) < 4.78 is 0. The third-order valence-corrected chi connectivity index (χ3v) is 5.87. The van der Waals surface area contributed by atoms with Gasteiger partial charge in [-0.3, -0.25) is 19.3 Å². The van der Waals surface area contributed by atoms with Crippen molar-refractivity contribution in [1.82, 2.24) is 5.43 Å². The molecule has 172 valence electrons. The molecule has 2 N–H and O–H groups in total. The average molecular weight is 463 g/mol. The second-order valence-corrected chi connectivity index (χ2v) is 8.21. The topological polar surface area (TPSA) is 90.9 Å². The molecule has 0 unspecified atom stereocenters. The van der Waals surface area contributed by atoms with E-state index in [1.165, 1.54) is 4.90 Å². The minimum Gasteiger partial charge on any atom is -0.322 e. The second kappa shape index (κ2) is 9.23. The monoisotopic (exact) mass is 462 g/mol. The molecule has 4 aromatic rings. The SMILES string of the molecule is C/C(=N/NC(=O)CN1C(=O)c2cccc3cccc1c23)c1cccc(NC(=O)c2ccccc2)c1. The highest BCUT2D eigenvalue weighted by Gasteiger charge is 2.30. The minimum absolute atomic E-state index is 0.142. The molecule has 0 radical (unpaired) electrons. The van der Waals surface area contributed by atoms with Crippen molar-refractivity contribution < 1.29 is 14.4 Å². The average Bonchev–Trinajstić information content (AvgIpc) is 3.16. The molecule has 0 fully saturated rings. The van der Waals surface area contributed by atoms with Crippen LogP contribution in [0.5, 0.6) is 0 Å². The van der Waals surface area contributed by atoms with E-state index in [-0.39, 0.29) is 18.4 Å². The third kappa shape index (κ3) is 4.39. The van der Waals surface area contributed by atoms with Crippen LogP contribution in [0.15, 0.2) is 96.1 Å². The Bertz CT molecular complexity index is 1490. The van der Waals surface area contributed by atoms with Crippen LogP contribution in [-0.4, -0.2) is 30.0 Å². The number of nitrogens with one attached hydrogen (secondary N) is 2. The highest BCUT2D eigenvalue weighted by Crippen LogP contribution is 2.36. The maximum Gasteiger partial charge on any atom is 0.260 e. The number of amides is 3. The van der Waals surface area contributed by atoms with Crippen molar-refractivity contribution in [3.05, 3.63) is 108 Å². The predicted octanol–water partition coefficient (Wildman–Crippen LogP) is 4.59. The number of anilines is 2. The zero-order valence-electron chi connectivity index (χ0n) is 19.0. The Morgan fingerprint density at radius 2 is 1.57 bits per heavy atom. The van der Waals surface area contributed by atoms with E-state index in [4.69, 9.17) is 0 Å². The van der Waals surface area contributed by atoms with Crippen LogP contribution in [0.25, 0.3) is 10.8 Å². The molecule has 0 atom stereocenters. The Kier molecular flexibility index (Phi) is 5.81. The van der Waals surface area contributed by atoms with Gasteiger partial charge in [-0.15, -0.1) is 0 Å². The zero-order chi connectivity index (χ0) is 24.4. The highest BCUT2D eigenvalue weighted by atomic mass is 16.2. The van der Waals surface area contributed by atoms with Gasteiger partial charge in [0.15, 0.2) is 0 Å². The van der Waals surface area contributed by atoms with Gasteiger partial charge in [-0.05, 0) is 54.3 Å². The zero-order valence-corrected chi connectivity index (χ0v) is 19.0. The van der Waals surface area contributed by atoms with E-state index in [2.05, 4.69) is 15.8 Å². The summed E-state index contributed by atoms with van der Waals surface area (Å²) in [5.41, 5.74) is 6.34. The quantitative estimate of drug-likeness (QED) is 0.324. The molecule has 0 aliphatic carbocycles. The second-order valence-electron chi connectivity index (χ2n) is 8.21. The maximum atomic E-state index is 12.9. The van der Waals surface area contributed by atoms with E-state index < -0.39 is 5.91 Å². The summed E-state index contributed by atoms with van der Waals surface area (Å²) in [5.74, 6) is -0.817. The molecule has 4 aromatic carbocycles. The van der Waals surface area contributed by atoms with Crippen LogP contribution in [0.1, 0.15) is 33.2 Å². The van der Waals surface area contributed by atoms with E-state index in [0.717, 1.165) is 22.0 Å². The number of hydrogen-bond acceptors (Lipinski definition) is 4. The van der Waals surface area contributed by atoms with Crippen molar-refractivity contribution >= 4 is 45.6 Å². The minimum atomic E-state index is -0.406. The molecule has 0 spiro atoms. The van der Waals surface area contributed by atoms with Crippen molar-refractivity contribution in [1.29, 1.82) is 0 Å². The molecule has 1 aliphatic rings. The molecule has 3 amide bonds. The van der Waals surface area contributed by atoms with Crippen LogP contribution in [0.4, 0.5) is 11.4 Å². The third-order valence-electron chi connectivity index (χ3n) is 5.87. The van der Waals surface area contributed by atoms with Crippen molar-refractivity contribution in [2.75, 3.05) is 16.8 Å². The molecule has 0 saturated heterocycles. The van der Waals surface area contributed by atoms with Crippen molar-refractivity contribution in [2.45, 2.75) is 6.92 Å². The molecule has 1 heterocycles. The summed E-state index contributed by atoms with van der Waals surface area (Å²) in [4.78, 5) is 39.4. The number of hydrogen-bond donors (Lipinski definition) is 2. The summed E-state index contributed by atoms with van der Waals surface area (Å²) in [6, 6.07) is 27.4. The fourth-order valence-electron chi connectivity index (χ4n) is 4.14. The Morgan fingerprint density at radius 1 is 0.857 bits per heavy atom. The summed E-state index contributed by atoms with van der Waals surface area (Å²) >= 11 is 0. The van der Waals surface area contributed by atoms with Gasteiger partial charge in [0.1, 0.15) is 6.54 Å². The number of hydrazone groups is 1.